The highest BCUT2D eigenvalue weighted by molar-refractivity contribution is 5.86. The Kier molecular flexibility index (Phi) is 8.53. The molecule has 0 bridgehead atoms. The molecule has 0 saturated heterocycles. The zero-order valence-electron chi connectivity index (χ0n) is 8.41. The minimum absolute atomic E-state index is 0.228. The van der Waals surface area contributed by atoms with Gasteiger partial charge in [0.1, 0.15) is 0 Å². The van der Waals surface area contributed by atoms with Crippen LogP contribution in [0.25, 0.3) is 0 Å². The van der Waals surface area contributed by atoms with Crippen LogP contribution in [0.15, 0.2) is 21.9 Å². The monoisotopic (exact) mass is 205 g/mol. The fraction of sp³-hybridized carbons (Fsp3) is 0.400. The van der Waals surface area contributed by atoms with Gasteiger partial charge in [0, 0.05) is 5.87 Å². The van der Waals surface area contributed by atoms with Crippen molar-refractivity contribution in [2.75, 3.05) is 13.2 Å². The second-order valence-electron chi connectivity index (χ2n) is 2.19. The zero-order valence-corrected chi connectivity index (χ0v) is 8.41. The Hall–Kier alpha value is -2.14. The lowest BCUT2D eigenvalue weighted by molar-refractivity contribution is -0.142. The Morgan fingerprint density at radius 1 is 1.53 bits per heavy atom. The molecule has 0 radical (unpaired) electrons. The average Bonchev–Trinajstić information content (AvgIpc) is 2.22. The SMILES string of the molecule is CCOC(=O)CCN=C=C=CN=C=C=N. The van der Waals surface area contributed by atoms with E-state index >= 15 is 0 Å². The molecule has 78 valence electrons. The number of hydrogen-bond donors (Lipinski definition) is 1. The number of nitrogens with one attached hydrogen (secondary N) is 1. The summed E-state index contributed by atoms with van der Waals surface area (Å²) in [5.41, 5.74) is 2.48. The van der Waals surface area contributed by atoms with Crippen LogP contribution >= 0.6 is 0 Å². The van der Waals surface area contributed by atoms with E-state index in [9.17, 15) is 4.79 Å². The van der Waals surface area contributed by atoms with E-state index in [4.69, 9.17) is 5.41 Å². The van der Waals surface area contributed by atoms with Crippen LogP contribution in [-0.4, -0.2) is 36.7 Å². The summed E-state index contributed by atoms with van der Waals surface area (Å²) in [6.07, 6.45) is 1.47. The lowest BCUT2D eigenvalue weighted by Crippen LogP contribution is -2.04. The maximum atomic E-state index is 10.8. The summed E-state index contributed by atoms with van der Waals surface area (Å²) in [5, 5.41) is 6.44. The van der Waals surface area contributed by atoms with Crippen molar-refractivity contribution in [3.05, 3.63) is 11.9 Å². The number of rotatable bonds is 5. The molecule has 5 heteroatoms. The highest BCUT2D eigenvalue weighted by atomic mass is 16.5. The number of carbonyl (C=O) groups is 1. The molecule has 0 aliphatic rings. The predicted molar refractivity (Wildman–Crippen MR) is 56.8 cm³/mol. The highest BCUT2D eigenvalue weighted by Crippen LogP contribution is 1.85. The molecule has 0 saturated carbocycles. The van der Waals surface area contributed by atoms with Crippen LogP contribution in [0.3, 0.4) is 0 Å². The zero-order chi connectivity index (χ0) is 11.4. The second kappa shape index (κ2) is 9.94. The number of ether oxygens (including phenoxy) is 1. The van der Waals surface area contributed by atoms with E-state index in [0.29, 0.717) is 13.2 Å². The first kappa shape index (κ1) is 12.9. The van der Waals surface area contributed by atoms with Gasteiger partial charge in [0.15, 0.2) is 0 Å². The molecular formula is C10H11N3O2. The van der Waals surface area contributed by atoms with E-state index in [2.05, 4.69) is 32.2 Å². The van der Waals surface area contributed by atoms with Crippen LogP contribution in [0, 0.1) is 5.41 Å². The topological polar surface area (TPSA) is 74.9 Å². The number of hydrogen-bond acceptors (Lipinski definition) is 5. The molecule has 0 fully saturated rings. The van der Waals surface area contributed by atoms with Gasteiger partial charge >= 0.3 is 5.97 Å². The molecule has 0 aromatic rings. The summed E-state index contributed by atoms with van der Waals surface area (Å²) in [6, 6.07) is 0. The lowest BCUT2D eigenvalue weighted by Gasteiger charge is -1.96. The molecule has 5 nitrogen and oxygen atoms in total. The van der Waals surface area contributed by atoms with Gasteiger partial charge < -0.3 is 4.74 Å². The van der Waals surface area contributed by atoms with Gasteiger partial charge in [0.2, 0.25) is 0 Å². The molecule has 0 aromatic heterocycles. The van der Waals surface area contributed by atoms with Gasteiger partial charge in [-0.15, -0.1) is 0 Å². The third-order valence-electron chi connectivity index (χ3n) is 1.13. The van der Waals surface area contributed by atoms with E-state index in [1.165, 1.54) is 6.20 Å². The van der Waals surface area contributed by atoms with Crippen LogP contribution in [0.5, 0.6) is 0 Å². The normalized spacial score (nSPS) is 7.27. The van der Waals surface area contributed by atoms with Crippen molar-refractivity contribution < 1.29 is 9.53 Å². The summed E-state index contributed by atoms with van der Waals surface area (Å²) in [5.74, 6) is 6.13. The Morgan fingerprint density at radius 2 is 2.33 bits per heavy atom. The van der Waals surface area contributed by atoms with E-state index in [-0.39, 0.29) is 12.4 Å². The smallest absolute Gasteiger partial charge is 0.307 e. The average molecular weight is 205 g/mol. The minimum Gasteiger partial charge on any atom is -0.466 e. The molecule has 15 heavy (non-hydrogen) atoms. The third kappa shape index (κ3) is 9.78. The van der Waals surface area contributed by atoms with Crippen molar-refractivity contribution in [1.29, 1.82) is 5.41 Å². The van der Waals surface area contributed by atoms with Gasteiger partial charge in [0.25, 0.3) is 0 Å². The summed E-state index contributed by atoms with van der Waals surface area (Å²) < 4.78 is 4.69. The summed E-state index contributed by atoms with van der Waals surface area (Å²) >= 11 is 0. The van der Waals surface area contributed by atoms with Crippen molar-refractivity contribution in [3.63, 3.8) is 0 Å². The molecular weight excluding hydrogens is 194 g/mol. The van der Waals surface area contributed by atoms with Crippen molar-refractivity contribution in [3.8, 4) is 0 Å². The van der Waals surface area contributed by atoms with E-state index < -0.39 is 0 Å². The third-order valence-corrected chi connectivity index (χ3v) is 1.13. The van der Waals surface area contributed by atoms with Gasteiger partial charge in [-0.2, -0.15) is 4.99 Å². The van der Waals surface area contributed by atoms with Crippen LogP contribution in [0.1, 0.15) is 13.3 Å². The van der Waals surface area contributed by atoms with Crippen LogP contribution in [-0.2, 0) is 9.53 Å². The van der Waals surface area contributed by atoms with Crippen molar-refractivity contribution in [2.45, 2.75) is 13.3 Å². The Morgan fingerprint density at radius 3 is 3.00 bits per heavy atom. The van der Waals surface area contributed by atoms with Crippen LogP contribution in [0.2, 0.25) is 0 Å². The van der Waals surface area contributed by atoms with E-state index in [1.807, 2.05) is 5.87 Å². The molecule has 0 atom stereocenters. The Bertz CT molecular complexity index is 375. The van der Waals surface area contributed by atoms with Gasteiger partial charge in [-0.3, -0.25) is 4.79 Å². The number of esters is 1. The van der Waals surface area contributed by atoms with Crippen molar-refractivity contribution in [1.82, 2.24) is 0 Å². The number of nitrogens with zero attached hydrogens (tertiary/aromatic N) is 2. The Balaban J connectivity index is 3.89. The summed E-state index contributed by atoms with van der Waals surface area (Å²) in [7, 11) is 0. The fourth-order valence-electron chi connectivity index (χ4n) is 0.608. The first-order chi connectivity index (χ1) is 7.31. The summed E-state index contributed by atoms with van der Waals surface area (Å²) in [4.78, 5) is 18.0. The van der Waals surface area contributed by atoms with E-state index in [0.717, 1.165) is 0 Å². The Labute approximate surface area is 87.7 Å². The molecule has 0 heterocycles. The quantitative estimate of drug-likeness (QED) is 0.408. The van der Waals surface area contributed by atoms with Gasteiger partial charge in [-0.1, -0.05) is 0 Å². The van der Waals surface area contributed by atoms with Crippen molar-refractivity contribution in [2.24, 2.45) is 9.98 Å². The van der Waals surface area contributed by atoms with Gasteiger partial charge in [-0.05, 0) is 12.7 Å². The minimum atomic E-state index is -0.281. The number of carbonyl (C=O) groups excluding carboxylic acids is 1. The molecule has 0 aliphatic carbocycles. The largest absolute Gasteiger partial charge is 0.466 e. The van der Waals surface area contributed by atoms with Gasteiger partial charge in [0.05, 0.1) is 37.5 Å². The molecule has 0 spiro atoms. The highest BCUT2D eigenvalue weighted by Gasteiger charge is 1.97. The maximum absolute atomic E-state index is 10.8. The lowest BCUT2D eigenvalue weighted by atomic mass is 10.4. The van der Waals surface area contributed by atoms with Crippen LogP contribution < -0.4 is 0 Å². The van der Waals surface area contributed by atoms with Crippen molar-refractivity contribution >= 4 is 23.6 Å². The fourth-order valence-corrected chi connectivity index (χ4v) is 0.608. The standard InChI is InChI=1S/C10H11N3O2/c1-2-15-10(14)4-8-12-6-3-7-13-9-5-11/h7,11H,2,4,8H2,1H3. The first-order valence-electron chi connectivity index (χ1n) is 4.32. The second-order valence-corrected chi connectivity index (χ2v) is 2.19. The predicted octanol–water partition coefficient (Wildman–Crippen LogP) is 0.752. The number of aliphatic imine (C=N–C) groups is 2. The first-order valence-corrected chi connectivity index (χ1v) is 4.32. The summed E-state index contributed by atoms with van der Waals surface area (Å²) in [6.45, 7) is 2.44. The molecule has 1 N–H and O–H groups in total. The van der Waals surface area contributed by atoms with Gasteiger partial charge in [-0.25, -0.2) is 10.4 Å². The molecule has 0 aromatic carbocycles. The molecule has 0 aliphatic heterocycles. The van der Waals surface area contributed by atoms with Crippen LogP contribution in [0.4, 0.5) is 0 Å². The maximum Gasteiger partial charge on any atom is 0.307 e. The van der Waals surface area contributed by atoms with E-state index in [1.54, 1.807) is 6.92 Å². The molecule has 0 rings (SSSR count). The molecule has 0 unspecified atom stereocenters. The molecule has 0 amide bonds.